The van der Waals surface area contributed by atoms with Gasteiger partial charge in [0, 0.05) is 0 Å². The number of rotatable bonds is 3. The lowest BCUT2D eigenvalue weighted by Crippen LogP contribution is -2.28. The van der Waals surface area contributed by atoms with Crippen LogP contribution < -0.4 is 20.3 Å². The molecule has 7 heteroatoms. The molecule has 3 aromatic rings. The van der Waals surface area contributed by atoms with Gasteiger partial charge in [-0.05, 0) is 29.8 Å². The van der Waals surface area contributed by atoms with Gasteiger partial charge in [0.15, 0.2) is 11.5 Å². The molecular weight excluding hydrogens is 322 g/mol. The zero-order valence-corrected chi connectivity index (χ0v) is 13.6. The lowest BCUT2D eigenvalue weighted by atomic mass is 10.1. The molecule has 1 N–H and O–H groups in total. The largest absolute Gasteiger partial charge is 0.493 e. The molecule has 4 rings (SSSR count). The normalized spacial score (nSPS) is 15.8. The lowest BCUT2D eigenvalue weighted by molar-refractivity contribution is 0.0956. The number of nitrogens with one attached hydrogen (secondary N) is 1. The Kier molecular flexibility index (Phi) is 3.42. The third kappa shape index (κ3) is 2.24. The molecule has 0 fully saturated rings. The third-order valence-corrected chi connectivity index (χ3v) is 4.26. The van der Waals surface area contributed by atoms with Crippen LogP contribution in [-0.4, -0.2) is 29.7 Å². The van der Waals surface area contributed by atoms with Crippen LogP contribution in [-0.2, 0) is 0 Å². The molecule has 0 bridgehead atoms. The first-order valence-corrected chi connectivity index (χ1v) is 7.68. The van der Waals surface area contributed by atoms with Crippen molar-refractivity contribution in [2.75, 3.05) is 14.2 Å². The van der Waals surface area contributed by atoms with Crippen molar-refractivity contribution in [3.8, 4) is 11.5 Å². The molecule has 1 amide bonds. The Balaban J connectivity index is 1.93. The molecule has 2 aromatic carbocycles. The number of benzene rings is 2. The molecule has 1 aromatic heterocycles. The number of methoxy groups -OCH3 is 2. The van der Waals surface area contributed by atoms with Crippen molar-refractivity contribution in [2.45, 2.75) is 6.17 Å². The number of hydrogen-bond acceptors (Lipinski definition) is 5. The Bertz CT molecular complexity index is 1060. The van der Waals surface area contributed by atoms with Crippen LogP contribution in [0.3, 0.4) is 0 Å². The topological polar surface area (TPSA) is 82.5 Å². The first-order chi connectivity index (χ1) is 12.1. The Morgan fingerprint density at radius 3 is 2.56 bits per heavy atom. The van der Waals surface area contributed by atoms with Gasteiger partial charge < -0.3 is 14.8 Å². The number of aromatic nitrogens is 2. The Hall–Kier alpha value is -3.35. The second kappa shape index (κ2) is 5.62. The van der Waals surface area contributed by atoms with Crippen molar-refractivity contribution in [2.24, 2.45) is 0 Å². The summed E-state index contributed by atoms with van der Waals surface area (Å²) in [6.07, 6.45) is -0.646. The minimum Gasteiger partial charge on any atom is -0.493 e. The third-order valence-electron chi connectivity index (χ3n) is 4.26. The number of ether oxygens (including phenoxy) is 2. The number of carbonyl (C=O) groups excluding carboxylic acids is 1. The second-order valence-electron chi connectivity index (χ2n) is 5.62. The molecule has 25 heavy (non-hydrogen) atoms. The van der Waals surface area contributed by atoms with Gasteiger partial charge in [0.2, 0.25) is 5.82 Å². The van der Waals surface area contributed by atoms with Crippen LogP contribution in [0.4, 0.5) is 0 Å². The van der Waals surface area contributed by atoms with Crippen molar-refractivity contribution >= 4 is 16.8 Å². The fraction of sp³-hybridized carbons (Fsp3) is 0.167. The van der Waals surface area contributed by atoms with Gasteiger partial charge in [-0.1, -0.05) is 18.2 Å². The zero-order chi connectivity index (χ0) is 17.6. The maximum Gasteiger partial charge on any atom is 0.289 e. The predicted molar refractivity (Wildman–Crippen MR) is 91.2 cm³/mol. The molecule has 0 aliphatic carbocycles. The number of amides is 1. The van der Waals surface area contributed by atoms with Gasteiger partial charge in [-0.15, -0.1) is 0 Å². The smallest absolute Gasteiger partial charge is 0.289 e. The number of hydrogen-bond donors (Lipinski definition) is 1. The Morgan fingerprint density at radius 1 is 1.04 bits per heavy atom. The highest BCUT2D eigenvalue weighted by atomic mass is 16.5. The van der Waals surface area contributed by atoms with Crippen molar-refractivity contribution in [3.63, 3.8) is 0 Å². The van der Waals surface area contributed by atoms with Crippen LogP contribution in [0, 0.1) is 0 Å². The molecule has 1 unspecified atom stereocenters. The summed E-state index contributed by atoms with van der Waals surface area (Å²) in [7, 11) is 3.08. The number of fused-ring (bicyclic) bond motifs is 2. The van der Waals surface area contributed by atoms with Crippen LogP contribution in [0.15, 0.2) is 47.3 Å². The van der Waals surface area contributed by atoms with E-state index in [9.17, 15) is 9.59 Å². The first kappa shape index (κ1) is 15.2. The monoisotopic (exact) mass is 337 g/mol. The van der Waals surface area contributed by atoms with Gasteiger partial charge in [-0.25, -0.2) is 4.98 Å². The van der Waals surface area contributed by atoms with E-state index in [-0.39, 0.29) is 17.3 Å². The van der Waals surface area contributed by atoms with Crippen LogP contribution in [0.5, 0.6) is 11.5 Å². The summed E-state index contributed by atoms with van der Waals surface area (Å²) in [4.78, 5) is 29.6. The summed E-state index contributed by atoms with van der Waals surface area (Å²) in [6.45, 7) is 0. The Labute approximate surface area is 142 Å². The first-order valence-electron chi connectivity index (χ1n) is 7.68. The van der Waals surface area contributed by atoms with E-state index in [0.717, 1.165) is 0 Å². The summed E-state index contributed by atoms with van der Waals surface area (Å²) in [5.74, 6) is 0.801. The molecule has 2 heterocycles. The van der Waals surface area contributed by atoms with E-state index in [0.29, 0.717) is 28.0 Å². The number of para-hydroxylation sites is 1. The standard InChI is InChI=1S/C18H15N3O4/c1-24-13-8-7-10(9-14(13)25-2)15-20-17(22)16-19-12-6-4-3-5-11(12)18(23)21(15)16/h3-9,15H,1-2H3,(H,20,22). The fourth-order valence-corrected chi connectivity index (χ4v) is 3.05. The zero-order valence-electron chi connectivity index (χ0n) is 13.6. The average Bonchev–Trinajstić information content (AvgIpc) is 2.98. The molecule has 1 aliphatic heterocycles. The summed E-state index contributed by atoms with van der Waals surface area (Å²) in [6, 6.07) is 12.2. The molecular formula is C18H15N3O4. The van der Waals surface area contributed by atoms with Gasteiger partial charge >= 0.3 is 0 Å². The SMILES string of the molecule is COc1ccc(C2NC(=O)c3nc4ccccc4c(=O)n32)cc1OC. The molecule has 0 saturated carbocycles. The van der Waals surface area contributed by atoms with Gasteiger partial charge in [-0.3, -0.25) is 14.2 Å². The summed E-state index contributed by atoms with van der Waals surface area (Å²) >= 11 is 0. The lowest BCUT2D eigenvalue weighted by Gasteiger charge is -2.16. The van der Waals surface area contributed by atoms with Crippen LogP contribution in [0.2, 0.25) is 0 Å². The van der Waals surface area contributed by atoms with Crippen molar-refractivity contribution in [3.05, 3.63) is 64.2 Å². The van der Waals surface area contributed by atoms with Gasteiger partial charge in [-0.2, -0.15) is 0 Å². The maximum atomic E-state index is 12.9. The summed E-state index contributed by atoms with van der Waals surface area (Å²) < 4.78 is 11.9. The van der Waals surface area contributed by atoms with E-state index >= 15 is 0 Å². The van der Waals surface area contributed by atoms with Crippen molar-refractivity contribution in [1.82, 2.24) is 14.9 Å². The van der Waals surface area contributed by atoms with Crippen LogP contribution in [0.1, 0.15) is 22.3 Å². The van der Waals surface area contributed by atoms with E-state index in [2.05, 4.69) is 10.3 Å². The molecule has 0 saturated heterocycles. The minimum atomic E-state index is -0.646. The van der Waals surface area contributed by atoms with Gasteiger partial charge in [0.05, 0.1) is 25.1 Å². The molecule has 0 radical (unpaired) electrons. The highest BCUT2D eigenvalue weighted by molar-refractivity contribution is 5.95. The van der Waals surface area contributed by atoms with E-state index in [1.807, 2.05) is 0 Å². The number of nitrogens with zero attached hydrogens (tertiary/aromatic N) is 2. The second-order valence-corrected chi connectivity index (χ2v) is 5.62. The fourth-order valence-electron chi connectivity index (χ4n) is 3.05. The van der Waals surface area contributed by atoms with Crippen LogP contribution in [0.25, 0.3) is 10.9 Å². The molecule has 126 valence electrons. The maximum absolute atomic E-state index is 12.9. The summed E-state index contributed by atoms with van der Waals surface area (Å²) in [5, 5.41) is 3.27. The van der Waals surface area contributed by atoms with E-state index in [1.54, 1.807) is 49.6 Å². The molecule has 1 aliphatic rings. The molecule has 0 spiro atoms. The van der Waals surface area contributed by atoms with Gasteiger partial charge in [0.25, 0.3) is 11.5 Å². The quantitative estimate of drug-likeness (QED) is 0.787. The van der Waals surface area contributed by atoms with Gasteiger partial charge in [0.1, 0.15) is 6.17 Å². The minimum absolute atomic E-state index is 0.100. The van der Waals surface area contributed by atoms with E-state index < -0.39 is 6.17 Å². The molecule has 1 atom stereocenters. The summed E-state index contributed by atoms with van der Waals surface area (Å²) in [5.41, 5.74) is 0.935. The van der Waals surface area contributed by atoms with Crippen LogP contribution >= 0.6 is 0 Å². The predicted octanol–water partition coefficient (Wildman–Crippen LogP) is 1.70. The van der Waals surface area contributed by atoms with E-state index in [1.165, 1.54) is 11.7 Å². The number of carbonyl (C=O) groups is 1. The highest BCUT2D eigenvalue weighted by Crippen LogP contribution is 2.32. The molecule has 7 nitrogen and oxygen atoms in total. The highest BCUT2D eigenvalue weighted by Gasteiger charge is 2.33. The van der Waals surface area contributed by atoms with Crippen molar-refractivity contribution < 1.29 is 14.3 Å². The van der Waals surface area contributed by atoms with E-state index in [4.69, 9.17) is 9.47 Å². The average molecular weight is 337 g/mol. The van der Waals surface area contributed by atoms with Crippen molar-refractivity contribution in [1.29, 1.82) is 0 Å². The Morgan fingerprint density at radius 2 is 1.80 bits per heavy atom.